The summed E-state index contributed by atoms with van der Waals surface area (Å²) < 4.78 is 29.1. The van der Waals surface area contributed by atoms with Crippen molar-refractivity contribution in [2.45, 2.75) is 35.4 Å². The number of carboxylic acids is 1. The summed E-state index contributed by atoms with van der Waals surface area (Å²) >= 11 is 7.83. The first-order valence-corrected chi connectivity index (χ1v) is 12.6. The highest BCUT2D eigenvalue weighted by molar-refractivity contribution is 7.99. The number of halogens is 1. The standard InChI is InChI=1S/C23H21ClN2O4S2/c1-15(2)31-18-4-6-19(7-5-18)32(29,30)26-10-9-16(12-26)21-13-25(14-23(27)28)22-8-3-17(24)11-20(21)22/h3-13,15H,14H2,1-2H3,(H,27,28). The Morgan fingerprint density at radius 3 is 2.47 bits per heavy atom. The largest absolute Gasteiger partial charge is 0.480 e. The number of aliphatic carboxylic acids is 1. The van der Waals surface area contributed by atoms with Crippen LogP contribution in [0, 0.1) is 0 Å². The van der Waals surface area contributed by atoms with Crippen LogP contribution >= 0.6 is 23.4 Å². The molecular formula is C23H21ClN2O4S2. The van der Waals surface area contributed by atoms with Gasteiger partial charge in [-0.3, -0.25) is 4.79 Å². The van der Waals surface area contributed by atoms with E-state index < -0.39 is 16.0 Å². The molecular weight excluding hydrogens is 468 g/mol. The molecule has 2 aromatic carbocycles. The van der Waals surface area contributed by atoms with E-state index in [0.29, 0.717) is 26.9 Å². The van der Waals surface area contributed by atoms with Crippen LogP contribution in [0.25, 0.3) is 22.0 Å². The zero-order valence-corrected chi connectivity index (χ0v) is 19.8. The van der Waals surface area contributed by atoms with Crippen LogP contribution in [-0.4, -0.2) is 33.3 Å². The number of nitrogens with zero attached hydrogens (tertiary/aromatic N) is 2. The van der Waals surface area contributed by atoms with Crippen LogP contribution in [-0.2, 0) is 21.4 Å². The van der Waals surface area contributed by atoms with E-state index in [9.17, 15) is 18.3 Å². The second kappa shape index (κ2) is 8.69. The molecule has 0 aliphatic rings. The predicted octanol–water partition coefficient (Wildman–Crippen LogP) is 5.59. The van der Waals surface area contributed by atoms with Crippen molar-refractivity contribution in [2.24, 2.45) is 0 Å². The van der Waals surface area contributed by atoms with Crippen molar-refractivity contribution in [3.8, 4) is 11.1 Å². The summed E-state index contributed by atoms with van der Waals surface area (Å²) in [4.78, 5) is 12.5. The number of fused-ring (bicyclic) bond motifs is 1. The highest BCUT2D eigenvalue weighted by Gasteiger charge is 2.19. The number of hydrogen-bond acceptors (Lipinski definition) is 4. The molecule has 0 saturated carbocycles. The third kappa shape index (κ3) is 4.44. The maximum atomic E-state index is 13.1. The molecule has 0 saturated heterocycles. The maximum Gasteiger partial charge on any atom is 0.323 e. The Morgan fingerprint density at radius 2 is 1.81 bits per heavy atom. The maximum absolute atomic E-state index is 13.1. The van der Waals surface area contributed by atoms with Crippen LogP contribution in [0.5, 0.6) is 0 Å². The third-order valence-electron chi connectivity index (χ3n) is 4.90. The van der Waals surface area contributed by atoms with Gasteiger partial charge in [0, 0.05) is 55.8 Å². The van der Waals surface area contributed by atoms with E-state index in [0.717, 1.165) is 10.3 Å². The van der Waals surface area contributed by atoms with Crippen LogP contribution in [0.2, 0.25) is 5.02 Å². The van der Waals surface area contributed by atoms with Gasteiger partial charge >= 0.3 is 5.97 Å². The normalized spacial score (nSPS) is 12.0. The van der Waals surface area contributed by atoms with Gasteiger partial charge in [0.15, 0.2) is 0 Å². The molecule has 4 aromatic rings. The number of hydrogen-bond donors (Lipinski definition) is 1. The van der Waals surface area contributed by atoms with Gasteiger partial charge in [-0.05, 0) is 48.5 Å². The van der Waals surface area contributed by atoms with Crippen molar-refractivity contribution >= 4 is 50.3 Å². The lowest BCUT2D eigenvalue weighted by molar-refractivity contribution is -0.137. The van der Waals surface area contributed by atoms with E-state index in [-0.39, 0.29) is 11.4 Å². The van der Waals surface area contributed by atoms with Crippen molar-refractivity contribution in [2.75, 3.05) is 0 Å². The minimum atomic E-state index is -3.76. The molecule has 4 rings (SSSR count). The van der Waals surface area contributed by atoms with Crippen molar-refractivity contribution in [1.82, 2.24) is 8.54 Å². The minimum absolute atomic E-state index is 0.198. The fourth-order valence-corrected chi connectivity index (χ4v) is 5.75. The second-order valence-electron chi connectivity index (χ2n) is 7.60. The first-order valence-electron chi connectivity index (χ1n) is 9.86. The van der Waals surface area contributed by atoms with E-state index in [1.54, 1.807) is 58.9 Å². The number of carboxylic acid groups (broad SMARTS) is 1. The minimum Gasteiger partial charge on any atom is -0.480 e. The summed E-state index contributed by atoms with van der Waals surface area (Å²) in [6.07, 6.45) is 4.73. The number of thioether (sulfide) groups is 1. The quantitative estimate of drug-likeness (QED) is 0.343. The Kier molecular flexibility index (Phi) is 6.11. The molecule has 2 heterocycles. The molecule has 0 unspecified atom stereocenters. The smallest absolute Gasteiger partial charge is 0.323 e. The van der Waals surface area contributed by atoms with E-state index in [1.807, 2.05) is 12.1 Å². The lowest BCUT2D eigenvalue weighted by Crippen LogP contribution is -2.10. The molecule has 2 aromatic heterocycles. The van der Waals surface area contributed by atoms with Gasteiger partial charge in [-0.25, -0.2) is 12.4 Å². The Morgan fingerprint density at radius 1 is 1.09 bits per heavy atom. The molecule has 9 heteroatoms. The van der Waals surface area contributed by atoms with Crippen LogP contribution in [0.15, 0.2) is 76.9 Å². The molecule has 0 spiro atoms. The van der Waals surface area contributed by atoms with E-state index in [1.165, 1.54) is 16.4 Å². The number of carbonyl (C=O) groups is 1. The summed E-state index contributed by atoms with van der Waals surface area (Å²) in [6.45, 7) is 3.95. The topological polar surface area (TPSA) is 81.3 Å². The molecule has 0 aliphatic heterocycles. The van der Waals surface area contributed by atoms with Crippen LogP contribution < -0.4 is 0 Å². The zero-order valence-electron chi connectivity index (χ0n) is 17.4. The molecule has 0 aliphatic carbocycles. The Bertz CT molecular complexity index is 1400. The van der Waals surface area contributed by atoms with Gasteiger partial charge in [-0.2, -0.15) is 0 Å². The molecule has 0 radical (unpaired) electrons. The van der Waals surface area contributed by atoms with Crippen molar-refractivity contribution in [3.63, 3.8) is 0 Å². The Hall–Kier alpha value is -2.68. The average molecular weight is 489 g/mol. The van der Waals surface area contributed by atoms with Gasteiger partial charge in [-0.15, -0.1) is 11.8 Å². The molecule has 166 valence electrons. The molecule has 0 bridgehead atoms. The molecule has 0 fully saturated rings. The van der Waals surface area contributed by atoms with Crippen molar-refractivity contribution < 1.29 is 18.3 Å². The summed E-state index contributed by atoms with van der Waals surface area (Å²) in [7, 11) is -3.76. The van der Waals surface area contributed by atoms with E-state index in [4.69, 9.17) is 11.6 Å². The monoisotopic (exact) mass is 488 g/mol. The Labute approximate surface area is 195 Å². The fourth-order valence-electron chi connectivity index (χ4n) is 3.55. The highest BCUT2D eigenvalue weighted by atomic mass is 35.5. The predicted molar refractivity (Wildman–Crippen MR) is 128 cm³/mol. The Balaban J connectivity index is 1.73. The van der Waals surface area contributed by atoms with Crippen LogP contribution in [0.4, 0.5) is 0 Å². The first-order chi connectivity index (χ1) is 15.1. The lowest BCUT2D eigenvalue weighted by Gasteiger charge is -2.08. The summed E-state index contributed by atoms with van der Waals surface area (Å²) in [5.41, 5.74) is 2.07. The van der Waals surface area contributed by atoms with E-state index >= 15 is 0 Å². The van der Waals surface area contributed by atoms with Gasteiger partial charge in [-0.1, -0.05) is 25.4 Å². The summed E-state index contributed by atoms with van der Waals surface area (Å²) in [6, 6.07) is 13.7. The zero-order chi connectivity index (χ0) is 23.0. The molecule has 0 amide bonds. The molecule has 0 atom stereocenters. The lowest BCUT2D eigenvalue weighted by atomic mass is 10.1. The molecule has 32 heavy (non-hydrogen) atoms. The highest BCUT2D eigenvalue weighted by Crippen LogP contribution is 2.33. The summed E-state index contributed by atoms with van der Waals surface area (Å²) in [5, 5.41) is 10.9. The summed E-state index contributed by atoms with van der Waals surface area (Å²) in [5.74, 6) is -0.970. The van der Waals surface area contributed by atoms with Crippen molar-refractivity contribution in [3.05, 3.63) is 72.1 Å². The van der Waals surface area contributed by atoms with E-state index in [2.05, 4.69) is 13.8 Å². The SMILES string of the molecule is CC(C)Sc1ccc(S(=O)(=O)n2ccc(-c3cn(CC(=O)O)c4ccc(Cl)cc34)c2)cc1. The molecule has 6 nitrogen and oxygen atoms in total. The number of rotatable bonds is 7. The van der Waals surface area contributed by atoms with Crippen molar-refractivity contribution in [1.29, 1.82) is 0 Å². The van der Waals surface area contributed by atoms with Crippen LogP contribution in [0.3, 0.4) is 0 Å². The van der Waals surface area contributed by atoms with Gasteiger partial charge in [0.05, 0.1) is 4.90 Å². The number of aromatic nitrogens is 2. The average Bonchev–Trinajstić information content (AvgIpc) is 3.33. The van der Waals surface area contributed by atoms with Gasteiger partial charge < -0.3 is 9.67 Å². The third-order valence-corrected chi connectivity index (χ3v) is 7.80. The first kappa shape index (κ1) is 22.5. The second-order valence-corrected chi connectivity index (χ2v) is 11.5. The van der Waals surface area contributed by atoms with Gasteiger partial charge in [0.1, 0.15) is 6.54 Å². The molecule has 1 N–H and O–H groups in total. The number of benzene rings is 2. The van der Waals surface area contributed by atoms with Gasteiger partial charge in [0.25, 0.3) is 10.0 Å². The fraction of sp³-hybridized carbons (Fsp3) is 0.174. The van der Waals surface area contributed by atoms with Crippen LogP contribution in [0.1, 0.15) is 13.8 Å². The van der Waals surface area contributed by atoms with Gasteiger partial charge in [0.2, 0.25) is 0 Å².